The van der Waals surface area contributed by atoms with Crippen molar-refractivity contribution in [1.82, 2.24) is 19.8 Å². The molecule has 3 heterocycles. The zero-order chi connectivity index (χ0) is 25.8. The number of aromatic nitrogens is 2. The molecule has 1 aliphatic rings. The molecule has 2 aromatic carbocycles. The number of nitrogens with one attached hydrogen (secondary N) is 1. The molecule has 8 heteroatoms. The first-order valence-electron chi connectivity index (χ1n) is 12.7. The maximum absolute atomic E-state index is 13.2. The molecule has 1 amide bonds. The Morgan fingerprint density at radius 1 is 1.05 bits per heavy atom. The van der Waals surface area contributed by atoms with Gasteiger partial charge in [-0.1, -0.05) is 31.2 Å². The van der Waals surface area contributed by atoms with E-state index < -0.39 is 0 Å². The van der Waals surface area contributed by atoms with E-state index in [0.29, 0.717) is 24.6 Å². The van der Waals surface area contributed by atoms with Crippen molar-refractivity contribution in [3.8, 4) is 11.1 Å². The first-order chi connectivity index (χ1) is 18.0. The fraction of sp³-hybridized carbons (Fsp3) is 0.345. The summed E-state index contributed by atoms with van der Waals surface area (Å²) in [6, 6.07) is 21.7. The first-order valence-corrected chi connectivity index (χ1v) is 13.5. The van der Waals surface area contributed by atoms with Crippen LogP contribution in [0.15, 0.2) is 48.5 Å². The predicted molar refractivity (Wildman–Crippen MR) is 152 cm³/mol. The summed E-state index contributed by atoms with van der Waals surface area (Å²) in [4.78, 5) is 31.6. The number of carbonyl (C=O) groups excluding carboxylic acids is 1. The summed E-state index contributed by atoms with van der Waals surface area (Å²) in [5.41, 5.74) is 2.85. The largest absolute Gasteiger partial charge is 0.353 e. The van der Waals surface area contributed by atoms with Gasteiger partial charge in [-0.25, -0.2) is 4.98 Å². The number of thiophene rings is 1. The van der Waals surface area contributed by atoms with Crippen LogP contribution in [0.3, 0.4) is 0 Å². The minimum atomic E-state index is 0.0711. The van der Waals surface area contributed by atoms with Gasteiger partial charge in [0.2, 0.25) is 5.95 Å². The molecule has 1 aliphatic heterocycles. The van der Waals surface area contributed by atoms with E-state index in [0.717, 1.165) is 59.8 Å². The number of aryl methyl sites for hydroxylation is 1. The molecular weight excluding hydrogens is 480 g/mol. The Morgan fingerprint density at radius 2 is 1.84 bits per heavy atom. The van der Waals surface area contributed by atoms with Gasteiger partial charge in [-0.2, -0.15) is 4.98 Å². The number of hydrogen-bond donors (Lipinski definition) is 1. The lowest BCUT2D eigenvalue weighted by molar-refractivity contribution is 0.0746. The van der Waals surface area contributed by atoms with Crippen LogP contribution in [0.1, 0.15) is 22.2 Å². The number of nitrogens with zero attached hydrogens (tertiary/aromatic N) is 5. The molecule has 37 heavy (non-hydrogen) atoms. The molecule has 0 atom stereocenters. The smallest absolute Gasteiger partial charge is 0.253 e. The Balaban J connectivity index is 1.29. The van der Waals surface area contributed by atoms with Gasteiger partial charge in [0, 0.05) is 49.7 Å². The maximum Gasteiger partial charge on any atom is 0.253 e. The van der Waals surface area contributed by atoms with Gasteiger partial charge in [0.25, 0.3) is 5.91 Å². The Bertz CT molecular complexity index is 1340. The highest BCUT2D eigenvalue weighted by Crippen LogP contribution is 2.33. The maximum atomic E-state index is 13.2. The Morgan fingerprint density at radius 3 is 2.51 bits per heavy atom. The number of benzene rings is 1. The van der Waals surface area contributed by atoms with Gasteiger partial charge < -0.3 is 20.0 Å². The number of piperazine rings is 1. The van der Waals surface area contributed by atoms with Gasteiger partial charge in [0.1, 0.15) is 10.6 Å². The van der Waals surface area contributed by atoms with E-state index in [2.05, 4.69) is 54.3 Å². The third kappa shape index (κ3) is 5.68. The van der Waals surface area contributed by atoms with Crippen LogP contribution < -0.4 is 10.2 Å². The number of fused-ring (bicyclic) bond motifs is 1. The average Bonchev–Trinajstić information content (AvgIpc) is 3.36. The summed E-state index contributed by atoms with van der Waals surface area (Å²) in [6.45, 7) is 6.65. The lowest BCUT2D eigenvalue weighted by Crippen LogP contribution is -2.49. The van der Waals surface area contributed by atoms with Crippen LogP contribution >= 0.6 is 11.3 Å². The first kappa shape index (κ1) is 25.0. The van der Waals surface area contributed by atoms with Crippen LogP contribution in [0.25, 0.3) is 21.3 Å². The highest BCUT2D eigenvalue weighted by atomic mass is 32.1. The third-order valence-corrected chi connectivity index (χ3v) is 7.78. The molecule has 0 saturated carbocycles. The van der Waals surface area contributed by atoms with E-state index in [1.165, 1.54) is 4.88 Å². The lowest BCUT2D eigenvalue weighted by Gasteiger charge is -2.35. The van der Waals surface area contributed by atoms with Crippen molar-refractivity contribution < 1.29 is 4.79 Å². The standard InChI is InChI=1S/C29H32N6OS/c1-4-24-20-25-26(31-29(32-27(25)37-24)30-14-15-33(2)3)34-16-18-35(19-17-34)28(36)23-12-10-22(11-13-23)21-8-6-5-7-9-21/h6,8-13,20H,4,14-19H2,1-3H3,(H,30,31,32). The minimum absolute atomic E-state index is 0.0711. The molecule has 4 aromatic rings. The summed E-state index contributed by atoms with van der Waals surface area (Å²) in [7, 11) is 4.11. The van der Waals surface area contributed by atoms with Crippen molar-refractivity contribution in [3.05, 3.63) is 71.1 Å². The summed E-state index contributed by atoms with van der Waals surface area (Å²) in [5.74, 6) is 1.70. The van der Waals surface area contributed by atoms with Crippen LogP contribution in [-0.2, 0) is 6.42 Å². The topological polar surface area (TPSA) is 64.6 Å². The van der Waals surface area contributed by atoms with Crippen molar-refractivity contribution in [2.45, 2.75) is 13.3 Å². The molecule has 1 N–H and O–H groups in total. The molecule has 0 bridgehead atoms. The Hall–Kier alpha value is -3.67. The van der Waals surface area contributed by atoms with Gasteiger partial charge in [0.05, 0.1) is 5.39 Å². The minimum Gasteiger partial charge on any atom is -0.353 e. The number of anilines is 2. The lowest BCUT2D eigenvalue weighted by atomic mass is 10.0. The normalized spacial score (nSPS) is 13.7. The van der Waals surface area contributed by atoms with E-state index >= 15 is 0 Å². The molecule has 1 fully saturated rings. The van der Waals surface area contributed by atoms with Gasteiger partial charge in [-0.05, 0) is 68.0 Å². The highest BCUT2D eigenvalue weighted by Gasteiger charge is 2.25. The van der Waals surface area contributed by atoms with Crippen molar-refractivity contribution >= 4 is 39.2 Å². The summed E-state index contributed by atoms with van der Waals surface area (Å²) < 4.78 is 0. The van der Waals surface area contributed by atoms with Crippen molar-refractivity contribution in [2.75, 3.05) is 63.6 Å². The highest BCUT2D eigenvalue weighted by molar-refractivity contribution is 7.18. The van der Waals surface area contributed by atoms with Crippen molar-refractivity contribution in [1.29, 1.82) is 0 Å². The fourth-order valence-electron chi connectivity index (χ4n) is 4.48. The Labute approximate surface area is 222 Å². The molecule has 190 valence electrons. The predicted octanol–water partition coefficient (Wildman–Crippen LogP) is 4.46. The average molecular weight is 513 g/mol. The molecule has 1 saturated heterocycles. The van der Waals surface area contributed by atoms with Crippen LogP contribution in [-0.4, -0.2) is 79.0 Å². The summed E-state index contributed by atoms with van der Waals surface area (Å²) in [5, 5.41) is 4.49. The quantitative estimate of drug-likeness (QED) is 0.376. The van der Waals surface area contributed by atoms with Crippen molar-refractivity contribution in [3.63, 3.8) is 0 Å². The zero-order valence-electron chi connectivity index (χ0n) is 21.6. The van der Waals surface area contributed by atoms with Crippen LogP contribution in [0.4, 0.5) is 11.8 Å². The second-order valence-electron chi connectivity index (χ2n) is 9.46. The third-order valence-electron chi connectivity index (χ3n) is 6.60. The number of rotatable bonds is 8. The van der Waals surface area contributed by atoms with E-state index in [1.54, 1.807) is 11.3 Å². The SMILES string of the molecule is CCc1cc2c(N3CCN(C(=O)c4ccc(-c5cc#ccc5)cc4)CC3)nc(NCCN(C)C)nc2s1. The van der Waals surface area contributed by atoms with E-state index in [1.807, 2.05) is 47.4 Å². The van der Waals surface area contributed by atoms with Crippen molar-refractivity contribution in [2.24, 2.45) is 0 Å². The van der Waals surface area contributed by atoms with Gasteiger partial charge in [-0.3, -0.25) is 4.79 Å². The molecule has 5 rings (SSSR count). The number of hydrogen-bond acceptors (Lipinski definition) is 7. The van der Waals surface area contributed by atoms with E-state index in [-0.39, 0.29) is 5.91 Å². The van der Waals surface area contributed by atoms with Crippen LogP contribution in [0.2, 0.25) is 0 Å². The summed E-state index contributed by atoms with van der Waals surface area (Å²) >= 11 is 1.74. The van der Waals surface area contributed by atoms with Gasteiger partial charge in [-0.15, -0.1) is 11.3 Å². The Kier molecular flexibility index (Phi) is 7.54. The molecule has 0 unspecified atom stereocenters. The molecule has 2 aromatic heterocycles. The van der Waals surface area contributed by atoms with E-state index in [4.69, 9.17) is 9.97 Å². The molecule has 7 nitrogen and oxygen atoms in total. The fourth-order valence-corrected chi connectivity index (χ4v) is 5.44. The summed E-state index contributed by atoms with van der Waals surface area (Å²) in [6.07, 6.45) is 0.978. The molecule has 0 radical (unpaired) electrons. The van der Waals surface area contributed by atoms with Gasteiger partial charge in [0.15, 0.2) is 0 Å². The number of carbonyl (C=O) groups is 1. The zero-order valence-corrected chi connectivity index (χ0v) is 22.4. The second-order valence-corrected chi connectivity index (χ2v) is 10.6. The van der Waals surface area contributed by atoms with Crippen LogP contribution in [0, 0.1) is 12.1 Å². The molecule has 0 aliphatic carbocycles. The van der Waals surface area contributed by atoms with E-state index in [9.17, 15) is 4.79 Å². The van der Waals surface area contributed by atoms with Gasteiger partial charge >= 0.3 is 0 Å². The number of amides is 1. The molecular formula is C29H32N6OS. The molecule has 0 spiro atoms. The number of likely N-dealkylation sites (N-methyl/N-ethyl adjacent to an activating group) is 1. The van der Waals surface area contributed by atoms with Crippen LogP contribution in [0.5, 0.6) is 0 Å². The monoisotopic (exact) mass is 512 g/mol. The second kappa shape index (κ2) is 11.2.